The number of aryl methyl sites for hydroxylation is 1. The van der Waals surface area contributed by atoms with Crippen molar-refractivity contribution in [2.75, 3.05) is 7.11 Å². The van der Waals surface area contributed by atoms with Crippen LogP contribution in [0.3, 0.4) is 0 Å². The molecule has 1 aliphatic rings. The molecule has 12 heavy (non-hydrogen) atoms. The van der Waals surface area contributed by atoms with E-state index >= 15 is 0 Å². The number of rotatable bonds is 1. The molecular formula is C11H14O. The molecule has 0 heterocycles. The maximum absolute atomic E-state index is 5.35. The van der Waals surface area contributed by atoms with E-state index in [-0.39, 0.29) is 0 Å². The highest BCUT2D eigenvalue weighted by atomic mass is 16.5. The van der Waals surface area contributed by atoms with Crippen LogP contribution in [0.5, 0.6) is 0 Å². The van der Waals surface area contributed by atoms with Gasteiger partial charge in [0.1, 0.15) is 0 Å². The Hall–Kier alpha value is -0.820. The van der Waals surface area contributed by atoms with Gasteiger partial charge in [0.25, 0.3) is 0 Å². The second kappa shape index (κ2) is 3.28. The molecular weight excluding hydrogens is 148 g/mol. The van der Waals surface area contributed by atoms with Crippen LogP contribution in [-0.2, 0) is 17.6 Å². The highest BCUT2D eigenvalue weighted by Crippen LogP contribution is 2.22. The molecule has 2 rings (SSSR count). The molecule has 1 heteroatoms. The van der Waals surface area contributed by atoms with E-state index in [0.29, 0.717) is 6.10 Å². The SMILES string of the molecule is COC1CCc2ccccc2C1. The number of fused-ring (bicyclic) bond motifs is 1. The molecule has 0 aromatic heterocycles. The summed E-state index contributed by atoms with van der Waals surface area (Å²) in [4.78, 5) is 0. The lowest BCUT2D eigenvalue weighted by atomic mass is 9.90. The third-order valence-electron chi connectivity index (χ3n) is 2.63. The molecule has 1 atom stereocenters. The molecule has 64 valence electrons. The fraction of sp³-hybridized carbons (Fsp3) is 0.455. The molecule has 0 saturated heterocycles. The van der Waals surface area contributed by atoms with Gasteiger partial charge in [-0.05, 0) is 30.4 Å². The Balaban J connectivity index is 2.23. The van der Waals surface area contributed by atoms with Crippen molar-refractivity contribution in [3.63, 3.8) is 0 Å². The van der Waals surface area contributed by atoms with E-state index in [2.05, 4.69) is 24.3 Å². The standard InChI is InChI=1S/C11H14O/c1-12-11-7-6-9-4-2-3-5-10(9)8-11/h2-5,11H,6-8H2,1H3. The van der Waals surface area contributed by atoms with E-state index in [1.54, 1.807) is 7.11 Å². The van der Waals surface area contributed by atoms with Crippen LogP contribution in [-0.4, -0.2) is 13.2 Å². The topological polar surface area (TPSA) is 9.23 Å². The van der Waals surface area contributed by atoms with E-state index in [9.17, 15) is 0 Å². The smallest absolute Gasteiger partial charge is 0.0614 e. The van der Waals surface area contributed by atoms with Crippen LogP contribution in [0.25, 0.3) is 0 Å². The number of hydrogen-bond donors (Lipinski definition) is 0. The first-order valence-electron chi connectivity index (χ1n) is 4.49. The third-order valence-corrected chi connectivity index (χ3v) is 2.63. The summed E-state index contributed by atoms with van der Waals surface area (Å²) in [6.45, 7) is 0. The second-order valence-electron chi connectivity index (χ2n) is 3.37. The first-order chi connectivity index (χ1) is 5.90. The van der Waals surface area contributed by atoms with Gasteiger partial charge in [0, 0.05) is 7.11 Å². The first kappa shape index (κ1) is 7.81. The van der Waals surface area contributed by atoms with Gasteiger partial charge in [0.2, 0.25) is 0 Å². The molecule has 1 aromatic carbocycles. The fourth-order valence-electron chi connectivity index (χ4n) is 1.87. The van der Waals surface area contributed by atoms with Crippen molar-refractivity contribution in [3.8, 4) is 0 Å². The third kappa shape index (κ3) is 1.37. The van der Waals surface area contributed by atoms with Gasteiger partial charge < -0.3 is 4.74 Å². The number of methoxy groups -OCH3 is 1. The van der Waals surface area contributed by atoms with Crippen LogP contribution in [0.2, 0.25) is 0 Å². The van der Waals surface area contributed by atoms with E-state index in [1.165, 1.54) is 24.0 Å². The number of hydrogen-bond acceptors (Lipinski definition) is 1. The van der Waals surface area contributed by atoms with Crippen molar-refractivity contribution < 1.29 is 4.74 Å². The molecule has 0 aliphatic heterocycles. The average Bonchev–Trinajstić information content (AvgIpc) is 2.17. The second-order valence-corrected chi connectivity index (χ2v) is 3.37. The lowest BCUT2D eigenvalue weighted by Gasteiger charge is -2.22. The summed E-state index contributed by atoms with van der Waals surface area (Å²) >= 11 is 0. The normalized spacial score (nSPS) is 21.9. The van der Waals surface area contributed by atoms with Crippen LogP contribution in [0.15, 0.2) is 24.3 Å². The Morgan fingerprint density at radius 3 is 2.75 bits per heavy atom. The van der Waals surface area contributed by atoms with Gasteiger partial charge in [-0.25, -0.2) is 0 Å². The molecule has 0 saturated carbocycles. The molecule has 1 aliphatic carbocycles. The largest absolute Gasteiger partial charge is 0.381 e. The maximum Gasteiger partial charge on any atom is 0.0614 e. The van der Waals surface area contributed by atoms with Gasteiger partial charge in [0.05, 0.1) is 6.10 Å². The summed E-state index contributed by atoms with van der Waals surface area (Å²) in [5, 5.41) is 0. The van der Waals surface area contributed by atoms with E-state index < -0.39 is 0 Å². The van der Waals surface area contributed by atoms with E-state index in [0.717, 1.165) is 6.42 Å². The van der Waals surface area contributed by atoms with Gasteiger partial charge in [0.15, 0.2) is 0 Å². The van der Waals surface area contributed by atoms with Crippen LogP contribution in [0.4, 0.5) is 0 Å². The summed E-state index contributed by atoms with van der Waals surface area (Å²) in [5.41, 5.74) is 2.97. The van der Waals surface area contributed by atoms with Crippen LogP contribution in [0, 0.1) is 0 Å². The fourth-order valence-corrected chi connectivity index (χ4v) is 1.87. The summed E-state index contributed by atoms with van der Waals surface area (Å²) < 4.78 is 5.35. The van der Waals surface area contributed by atoms with Gasteiger partial charge in [-0.2, -0.15) is 0 Å². The van der Waals surface area contributed by atoms with Crippen LogP contribution >= 0.6 is 0 Å². The van der Waals surface area contributed by atoms with Crippen molar-refractivity contribution in [3.05, 3.63) is 35.4 Å². The molecule has 1 aromatic rings. The molecule has 0 spiro atoms. The zero-order valence-electron chi connectivity index (χ0n) is 7.42. The zero-order chi connectivity index (χ0) is 8.39. The van der Waals surface area contributed by atoms with Crippen molar-refractivity contribution >= 4 is 0 Å². The summed E-state index contributed by atoms with van der Waals surface area (Å²) in [6, 6.07) is 8.66. The summed E-state index contributed by atoms with van der Waals surface area (Å²) in [5.74, 6) is 0. The monoisotopic (exact) mass is 162 g/mol. The predicted molar refractivity (Wildman–Crippen MR) is 49.3 cm³/mol. The summed E-state index contributed by atoms with van der Waals surface area (Å²) in [6.07, 6.45) is 3.88. The Labute approximate surface area is 73.4 Å². The zero-order valence-corrected chi connectivity index (χ0v) is 7.42. The molecule has 0 amide bonds. The van der Waals surface area contributed by atoms with Gasteiger partial charge in [-0.15, -0.1) is 0 Å². The Bertz CT molecular complexity index is 267. The Morgan fingerprint density at radius 1 is 1.25 bits per heavy atom. The van der Waals surface area contributed by atoms with Crippen LogP contribution in [0.1, 0.15) is 17.5 Å². The van der Waals surface area contributed by atoms with Crippen molar-refractivity contribution in [1.29, 1.82) is 0 Å². The minimum atomic E-state index is 0.444. The first-order valence-corrected chi connectivity index (χ1v) is 4.49. The molecule has 1 nitrogen and oxygen atoms in total. The maximum atomic E-state index is 5.35. The molecule has 1 unspecified atom stereocenters. The lowest BCUT2D eigenvalue weighted by Crippen LogP contribution is -2.20. The predicted octanol–water partition coefficient (Wildman–Crippen LogP) is 2.19. The van der Waals surface area contributed by atoms with Crippen molar-refractivity contribution in [2.45, 2.75) is 25.4 Å². The molecule has 0 bridgehead atoms. The quantitative estimate of drug-likeness (QED) is 0.615. The summed E-state index contributed by atoms with van der Waals surface area (Å²) in [7, 11) is 1.80. The van der Waals surface area contributed by atoms with Crippen molar-refractivity contribution in [1.82, 2.24) is 0 Å². The molecule has 0 radical (unpaired) electrons. The molecule has 0 fully saturated rings. The molecule has 0 N–H and O–H groups in total. The van der Waals surface area contributed by atoms with E-state index in [4.69, 9.17) is 4.74 Å². The minimum absolute atomic E-state index is 0.444. The van der Waals surface area contributed by atoms with Gasteiger partial charge >= 0.3 is 0 Å². The van der Waals surface area contributed by atoms with E-state index in [1.807, 2.05) is 0 Å². The average molecular weight is 162 g/mol. The lowest BCUT2D eigenvalue weighted by molar-refractivity contribution is 0.0911. The number of ether oxygens (including phenoxy) is 1. The van der Waals surface area contributed by atoms with Crippen molar-refractivity contribution in [2.24, 2.45) is 0 Å². The van der Waals surface area contributed by atoms with Crippen LogP contribution < -0.4 is 0 Å². The highest BCUT2D eigenvalue weighted by molar-refractivity contribution is 5.29. The Morgan fingerprint density at radius 2 is 2.00 bits per heavy atom. The van der Waals surface area contributed by atoms with Gasteiger partial charge in [-0.1, -0.05) is 24.3 Å². The van der Waals surface area contributed by atoms with Gasteiger partial charge in [-0.3, -0.25) is 0 Å². The Kier molecular flexibility index (Phi) is 2.13. The minimum Gasteiger partial charge on any atom is -0.381 e. The highest BCUT2D eigenvalue weighted by Gasteiger charge is 2.16. The number of benzene rings is 1.